The van der Waals surface area contributed by atoms with Crippen LogP contribution in [0.4, 0.5) is 8.78 Å². The van der Waals surface area contributed by atoms with Crippen molar-refractivity contribution < 1.29 is 8.78 Å². The first kappa shape index (κ1) is 10.5. The Labute approximate surface area is 83.3 Å². The molecule has 1 aromatic heterocycles. The minimum absolute atomic E-state index is 0.0503. The molecule has 1 heterocycles. The van der Waals surface area contributed by atoms with Crippen LogP contribution in [0.25, 0.3) is 0 Å². The van der Waals surface area contributed by atoms with Crippen LogP contribution in [0, 0.1) is 6.92 Å². The number of pyridine rings is 1. The predicted octanol–water partition coefficient (Wildman–Crippen LogP) is 2.55. The number of aryl methyl sites for hydroxylation is 1. The molecule has 0 bridgehead atoms. The monoisotopic (exact) mass is 250 g/mol. The molecule has 0 saturated heterocycles. The second kappa shape index (κ2) is 4.11. The van der Waals surface area contributed by atoms with Crippen molar-refractivity contribution in [2.24, 2.45) is 5.73 Å². The molecule has 0 amide bonds. The Hall–Kier alpha value is -0.550. The van der Waals surface area contributed by atoms with E-state index in [0.29, 0.717) is 15.9 Å². The fourth-order valence-corrected chi connectivity index (χ4v) is 1.72. The maximum Gasteiger partial charge on any atom is 0.265 e. The zero-order chi connectivity index (χ0) is 10.0. The summed E-state index contributed by atoms with van der Waals surface area (Å²) in [5, 5.41) is 0. The summed E-state index contributed by atoms with van der Waals surface area (Å²) in [6.45, 7) is 1.65. The molecule has 0 atom stereocenters. The summed E-state index contributed by atoms with van der Waals surface area (Å²) >= 11 is 3.13. The highest BCUT2D eigenvalue weighted by Gasteiger charge is 2.16. The third-order valence-electron chi connectivity index (χ3n) is 1.74. The van der Waals surface area contributed by atoms with Gasteiger partial charge in [0.25, 0.3) is 6.43 Å². The topological polar surface area (TPSA) is 38.9 Å². The molecule has 0 aliphatic carbocycles. The Morgan fingerprint density at radius 1 is 1.62 bits per heavy atom. The second-order valence-corrected chi connectivity index (χ2v) is 3.42. The second-order valence-electron chi connectivity index (χ2n) is 2.61. The van der Waals surface area contributed by atoms with Crippen LogP contribution in [0.3, 0.4) is 0 Å². The van der Waals surface area contributed by atoms with E-state index >= 15 is 0 Å². The molecule has 1 rings (SSSR count). The number of hydrogen-bond donors (Lipinski definition) is 1. The number of rotatable bonds is 2. The number of aromatic nitrogens is 1. The van der Waals surface area contributed by atoms with E-state index in [1.807, 2.05) is 0 Å². The van der Waals surface area contributed by atoms with Gasteiger partial charge in [-0.15, -0.1) is 0 Å². The Morgan fingerprint density at radius 2 is 2.23 bits per heavy atom. The average molecular weight is 251 g/mol. The minimum atomic E-state index is -2.51. The van der Waals surface area contributed by atoms with Crippen molar-refractivity contribution in [1.29, 1.82) is 0 Å². The van der Waals surface area contributed by atoms with Crippen molar-refractivity contribution in [3.05, 3.63) is 27.5 Å². The summed E-state index contributed by atoms with van der Waals surface area (Å²) in [5.74, 6) is 0. The van der Waals surface area contributed by atoms with Crippen LogP contribution in [0.15, 0.2) is 10.7 Å². The third-order valence-corrected chi connectivity index (χ3v) is 2.15. The van der Waals surface area contributed by atoms with Crippen molar-refractivity contribution in [1.82, 2.24) is 4.98 Å². The number of nitrogens with two attached hydrogens (primary N) is 1. The van der Waals surface area contributed by atoms with Gasteiger partial charge in [-0.25, -0.2) is 13.8 Å². The van der Waals surface area contributed by atoms with E-state index in [-0.39, 0.29) is 12.1 Å². The van der Waals surface area contributed by atoms with E-state index in [4.69, 9.17) is 5.73 Å². The largest absolute Gasteiger partial charge is 0.326 e. The van der Waals surface area contributed by atoms with E-state index in [1.54, 1.807) is 6.92 Å². The first-order valence-electron chi connectivity index (χ1n) is 3.70. The summed E-state index contributed by atoms with van der Waals surface area (Å²) in [5.41, 5.74) is 6.06. The highest BCUT2D eigenvalue weighted by Crippen LogP contribution is 2.27. The smallest absolute Gasteiger partial charge is 0.265 e. The van der Waals surface area contributed by atoms with E-state index in [1.165, 1.54) is 6.07 Å². The number of halogens is 3. The average Bonchev–Trinajstić information content (AvgIpc) is 2.01. The molecule has 0 aliphatic rings. The standard InChI is InChI=1S/C8H9BrF2N2/c1-4-7(8(10)11)5(3-12)2-6(9)13-4/h2,8H,3,12H2,1H3. The molecule has 72 valence electrons. The molecular formula is C8H9BrF2N2. The predicted molar refractivity (Wildman–Crippen MR) is 49.5 cm³/mol. The van der Waals surface area contributed by atoms with Crippen molar-refractivity contribution in [2.45, 2.75) is 19.9 Å². The maximum atomic E-state index is 12.5. The van der Waals surface area contributed by atoms with Crippen molar-refractivity contribution >= 4 is 15.9 Å². The molecule has 0 fully saturated rings. The lowest BCUT2D eigenvalue weighted by Gasteiger charge is -2.09. The zero-order valence-electron chi connectivity index (χ0n) is 7.02. The zero-order valence-corrected chi connectivity index (χ0v) is 8.61. The van der Waals surface area contributed by atoms with E-state index in [0.717, 1.165) is 0 Å². The van der Waals surface area contributed by atoms with Gasteiger partial charge in [0.05, 0.1) is 0 Å². The van der Waals surface area contributed by atoms with Crippen LogP contribution in [0.1, 0.15) is 23.2 Å². The van der Waals surface area contributed by atoms with E-state index < -0.39 is 6.43 Å². The first-order valence-corrected chi connectivity index (χ1v) is 4.49. The van der Waals surface area contributed by atoms with Gasteiger partial charge in [-0.3, -0.25) is 0 Å². The van der Waals surface area contributed by atoms with Gasteiger partial charge in [0, 0.05) is 17.8 Å². The molecular weight excluding hydrogens is 242 g/mol. The normalized spacial score (nSPS) is 10.9. The lowest BCUT2D eigenvalue weighted by atomic mass is 10.1. The third kappa shape index (κ3) is 2.22. The summed E-state index contributed by atoms with van der Waals surface area (Å²) < 4.78 is 25.5. The quantitative estimate of drug-likeness (QED) is 0.820. The van der Waals surface area contributed by atoms with Gasteiger partial charge in [0.1, 0.15) is 4.60 Å². The van der Waals surface area contributed by atoms with Crippen LogP contribution in [-0.4, -0.2) is 4.98 Å². The fourth-order valence-electron chi connectivity index (χ4n) is 1.17. The molecule has 0 aromatic carbocycles. The SMILES string of the molecule is Cc1nc(Br)cc(CN)c1C(F)F. The van der Waals surface area contributed by atoms with Gasteiger partial charge >= 0.3 is 0 Å². The summed E-state index contributed by atoms with van der Waals surface area (Å²) in [7, 11) is 0. The Kier molecular flexibility index (Phi) is 3.33. The number of hydrogen-bond acceptors (Lipinski definition) is 2. The van der Waals surface area contributed by atoms with Gasteiger partial charge in [0.15, 0.2) is 0 Å². The lowest BCUT2D eigenvalue weighted by molar-refractivity contribution is 0.149. The number of alkyl halides is 2. The molecule has 0 radical (unpaired) electrons. The Balaban J connectivity index is 3.30. The molecule has 2 nitrogen and oxygen atoms in total. The van der Waals surface area contributed by atoms with Gasteiger partial charge in [-0.05, 0) is 34.5 Å². The lowest BCUT2D eigenvalue weighted by Crippen LogP contribution is -2.05. The van der Waals surface area contributed by atoms with Gasteiger partial charge in [0.2, 0.25) is 0 Å². The van der Waals surface area contributed by atoms with Gasteiger partial charge in [-0.1, -0.05) is 0 Å². The van der Waals surface area contributed by atoms with Crippen molar-refractivity contribution in [3.63, 3.8) is 0 Å². The molecule has 0 aliphatic heterocycles. The highest BCUT2D eigenvalue weighted by molar-refractivity contribution is 9.10. The molecule has 2 N–H and O–H groups in total. The highest BCUT2D eigenvalue weighted by atomic mass is 79.9. The summed E-state index contributed by atoms with van der Waals surface area (Å²) in [4.78, 5) is 3.88. The summed E-state index contributed by atoms with van der Waals surface area (Å²) in [6, 6.07) is 1.52. The van der Waals surface area contributed by atoms with Crippen LogP contribution >= 0.6 is 15.9 Å². The maximum absolute atomic E-state index is 12.5. The summed E-state index contributed by atoms with van der Waals surface area (Å²) in [6.07, 6.45) is -2.51. The molecule has 5 heteroatoms. The Morgan fingerprint density at radius 3 is 2.69 bits per heavy atom. The molecule has 0 spiro atoms. The van der Waals surface area contributed by atoms with Crippen molar-refractivity contribution in [3.8, 4) is 0 Å². The molecule has 0 unspecified atom stereocenters. The number of nitrogens with zero attached hydrogens (tertiary/aromatic N) is 1. The van der Waals surface area contributed by atoms with Crippen LogP contribution in [-0.2, 0) is 6.54 Å². The van der Waals surface area contributed by atoms with E-state index in [2.05, 4.69) is 20.9 Å². The van der Waals surface area contributed by atoms with Gasteiger partial charge < -0.3 is 5.73 Å². The fraction of sp³-hybridized carbons (Fsp3) is 0.375. The minimum Gasteiger partial charge on any atom is -0.326 e. The first-order chi connectivity index (χ1) is 6.06. The Bertz CT molecular complexity index is 315. The van der Waals surface area contributed by atoms with Crippen LogP contribution < -0.4 is 5.73 Å². The van der Waals surface area contributed by atoms with Gasteiger partial charge in [-0.2, -0.15) is 0 Å². The molecule has 1 aromatic rings. The molecule has 0 saturated carbocycles. The van der Waals surface area contributed by atoms with E-state index in [9.17, 15) is 8.78 Å². The van der Waals surface area contributed by atoms with Crippen LogP contribution in [0.2, 0.25) is 0 Å². The molecule has 13 heavy (non-hydrogen) atoms. The van der Waals surface area contributed by atoms with Crippen LogP contribution in [0.5, 0.6) is 0 Å². The van der Waals surface area contributed by atoms with Crippen molar-refractivity contribution in [2.75, 3.05) is 0 Å².